The summed E-state index contributed by atoms with van der Waals surface area (Å²) >= 11 is 1.53. The van der Waals surface area contributed by atoms with Gasteiger partial charge < -0.3 is 9.80 Å². The highest BCUT2D eigenvalue weighted by atomic mass is 32.2. The summed E-state index contributed by atoms with van der Waals surface area (Å²) in [4.78, 5) is 16.0. The Morgan fingerprint density at radius 2 is 2.06 bits per heavy atom. The number of likely N-dealkylation sites (N-methyl/N-ethyl adjacent to an activating group) is 2. The second-order valence-electron chi connectivity index (χ2n) is 4.11. The van der Waals surface area contributed by atoms with Crippen LogP contribution >= 0.6 is 11.8 Å². The van der Waals surface area contributed by atoms with Crippen molar-refractivity contribution in [2.45, 2.75) is 4.90 Å². The van der Waals surface area contributed by atoms with Crippen molar-refractivity contribution in [2.75, 3.05) is 38.8 Å². The summed E-state index contributed by atoms with van der Waals surface area (Å²) in [5, 5.41) is 9.24. The summed E-state index contributed by atoms with van der Waals surface area (Å²) in [5.41, 5.74) is 1.42. The number of hydrogen-bond acceptors (Lipinski definition) is 4. The van der Waals surface area contributed by atoms with E-state index in [4.69, 9.17) is 0 Å². The molecule has 0 aliphatic heterocycles. The number of carbonyl (C=O) groups is 1. The summed E-state index contributed by atoms with van der Waals surface area (Å²) < 4.78 is 0. The number of hydrogen-bond donors (Lipinski definition) is 0. The fraction of sp³-hybridized carbons (Fsp3) is 0.385. The Hall–Kier alpha value is -1.67. The Balaban J connectivity index is 3.03. The van der Waals surface area contributed by atoms with E-state index in [9.17, 15) is 10.1 Å². The number of carbonyl (C=O) groups excluding carboxylic acids is 1. The van der Waals surface area contributed by atoms with Crippen molar-refractivity contribution >= 4 is 23.4 Å². The highest BCUT2D eigenvalue weighted by Gasteiger charge is 2.14. The van der Waals surface area contributed by atoms with Crippen LogP contribution in [0.25, 0.3) is 0 Å². The highest BCUT2D eigenvalue weighted by Crippen LogP contribution is 2.28. The van der Waals surface area contributed by atoms with Gasteiger partial charge in [-0.1, -0.05) is 6.07 Å². The van der Waals surface area contributed by atoms with E-state index in [1.165, 1.54) is 11.8 Å². The van der Waals surface area contributed by atoms with Crippen molar-refractivity contribution in [3.8, 4) is 6.07 Å². The average Bonchev–Trinajstić information content (AvgIpc) is 2.37. The molecule has 1 aromatic carbocycles. The molecule has 0 aliphatic carbocycles. The van der Waals surface area contributed by atoms with Crippen molar-refractivity contribution in [2.24, 2.45) is 0 Å². The van der Waals surface area contributed by atoms with Crippen LogP contribution in [0.2, 0.25) is 0 Å². The molecule has 1 rings (SSSR count). The van der Waals surface area contributed by atoms with Crippen LogP contribution in [-0.2, 0) is 4.79 Å². The first kappa shape index (κ1) is 14.4. The number of nitriles is 1. The minimum Gasteiger partial charge on any atom is -0.364 e. The van der Waals surface area contributed by atoms with E-state index in [-0.39, 0.29) is 12.5 Å². The van der Waals surface area contributed by atoms with Gasteiger partial charge in [0.15, 0.2) is 0 Å². The molecule has 1 aromatic rings. The van der Waals surface area contributed by atoms with E-state index < -0.39 is 0 Å². The minimum atomic E-state index is 0.0101. The summed E-state index contributed by atoms with van der Waals surface area (Å²) in [6.07, 6.45) is 1.94. The Morgan fingerprint density at radius 3 is 2.56 bits per heavy atom. The summed E-state index contributed by atoms with van der Waals surface area (Å²) in [7, 11) is 5.26. The van der Waals surface area contributed by atoms with E-state index in [0.717, 1.165) is 10.6 Å². The molecule has 0 spiro atoms. The molecule has 18 heavy (non-hydrogen) atoms. The zero-order valence-corrected chi connectivity index (χ0v) is 11.9. The van der Waals surface area contributed by atoms with Crippen molar-refractivity contribution in [1.29, 1.82) is 5.26 Å². The van der Waals surface area contributed by atoms with Crippen LogP contribution in [0, 0.1) is 11.3 Å². The Labute approximate surface area is 112 Å². The fourth-order valence-electron chi connectivity index (χ4n) is 1.55. The molecular weight excluding hydrogens is 246 g/mol. The third-order valence-corrected chi connectivity index (χ3v) is 3.40. The van der Waals surface area contributed by atoms with Gasteiger partial charge in [-0.15, -0.1) is 11.8 Å². The van der Waals surface area contributed by atoms with Gasteiger partial charge >= 0.3 is 0 Å². The van der Waals surface area contributed by atoms with Gasteiger partial charge in [-0.2, -0.15) is 5.26 Å². The lowest BCUT2D eigenvalue weighted by atomic mass is 10.2. The monoisotopic (exact) mass is 263 g/mol. The lowest BCUT2D eigenvalue weighted by molar-refractivity contribution is -0.127. The van der Waals surface area contributed by atoms with Gasteiger partial charge in [-0.25, -0.2) is 0 Å². The zero-order valence-electron chi connectivity index (χ0n) is 11.1. The van der Waals surface area contributed by atoms with Crippen molar-refractivity contribution in [3.05, 3.63) is 23.8 Å². The average molecular weight is 263 g/mol. The number of amides is 1. The van der Waals surface area contributed by atoms with E-state index in [1.807, 2.05) is 31.5 Å². The van der Waals surface area contributed by atoms with E-state index in [1.54, 1.807) is 23.9 Å². The smallest absolute Gasteiger partial charge is 0.241 e. The third-order valence-electron chi connectivity index (χ3n) is 2.62. The predicted molar refractivity (Wildman–Crippen MR) is 74.9 cm³/mol. The molecule has 0 aromatic heterocycles. The summed E-state index contributed by atoms with van der Waals surface area (Å²) in [5.74, 6) is 0.0101. The number of thioether (sulfide) groups is 1. The van der Waals surface area contributed by atoms with Crippen molar-refractivity contribution in [3.63, 3.8) is 0 Å². The molecule has 0 fully saturated rings. The molecule has 0 aliphatic rings. The lowest BCUT2D eigenvalue weighted by Crippen LogP contribution is -2.34. The van der Waals surface area contributed by atoms with E-state index in [2.05, 4.69) is 6.07 Å². The zero-order chi connectivity index (χ0) is 13.7. The molecule has 0 atom stereocenters. The normalized spacial score (nSPS) is 9.72. The van der Waals surface area contributed by atoms with Crippen LogP contribution in [0.1, 0.15) is 5.56 Å². The topological polar surface area (TPSA) is 47.3 Å². The van der Waals surface area contributed by atoms with Gasteiger partial charge in [0.2, 0.25) is 5.91 Å². The molecule has 0 bridgehead atoms. The molecule has 4 nitrogen and oxygen atoms in total. The molecule has 0 saturated carbocycles. The lowest BCUT2D eigenvalue weighted by Gasteiger charge is -2.22. The number of benzene rings is 1. The molecule has 0 saturated heterocycles. The quantitative estimate of drug-likeness (QED) is 0.777. The van der Waals surface area contributed by atoms with Gasteiger partial charge in [0.05, 0.1) is 17.8 Å². The Kier molecular flexibility index (Phi) is 5.05. The maximum Gasteiger partial charge on any atom is 0.241 e. The van der Waals surface area contributed by atoms with Crippen molar-refractivity contribution in [1.82, 2.24) is 4.90 Å². The molecule has 1 amide bonds. The molecule has 5 heteroatoms. The number of anilines is 1. The SMILES string of the molecule is CSc1cccc(N(C)CC(=O)N(C)C)c1C#N. The number of nitrogens with zero attached hydrogens (tertiary/aromatic N) is 3. The standard InChI is InChI=1S/C13H17N3OS/c1-15(2)13(17)9-16(3)11-6-5-7-12(18-4)10(11)8-14/h5-7H,9H2,1-4H3. The Bertz CT molecular complexity index is 480. The summed E-state index contributed by atoms with van der Waals surface area (Å²) in [6.45, 7) is 0.263. The fourth-order valence-corrected chi connectivity index (χ4v) is 2.12. The van der Waals surface area contributed by atoms with Crippen LogP contribution in [-0.4, -0.2) is 44.8 Å². The van der Waals surface area contributed by atoms with Gasteiger partial charge in [-0.05, 0) is 18.4 Å². The second kappa shape index (κ2) is 6.31. The van der Waals surface area contributed by atoms with E-state index >= 15 is 0 Å². The van der Waals surface area contributed by atoms with Crippen LogP contribution in [0.15, 0.2) is 23.1 Å². The molecular formula is C13H17N3OS. The molecule has 0 N–H and O–H groups in total. The Morgan fingerprint density at radius 1 is 1.39 bits per heavy atom. The van der Waals surface area contributed by atoms with Crippen LogP contribution in [0.4, 0.5) is 5.69 Å². The van der Waals surface area contributed by atoms with Gasteiger partial charge in [0, 0.05) is 26.0 Å². The van der Waals surface area contributed by atoms with Gasteiger partial charge in [0.25, 0.3) is 0 Å². The minimum absolute atomic E-state index is 0.0101. The third kappa shape index (κ3) is 3.17. The van der Waals surface area contributed by atoms with Crippen LogP contribution in [0.5, 0.6) is 0 Å². The van der Waals surface area contributed by atoms with Gasteiger partial charge in [0.1, 0.15) is 6.07 Å². The number of rotatable bonds is 4. The van der Waals surface area contributed by atoms with Gasteiger partial charge in [-0.3, -0.25) is 4.79 Å². The highest BCUT2D eigenvalue weighted by molar-refractivity contribution is 7.98. The second-order valence-corrected chi connectivity index (χ2v) is 4.96. The van der Waals surface area contributed by atoms with E-state index in [0.29, 0.717) is 5.56 Å². The first-order valence-electron chi connectivity index (χ1n) is 5.49. The largest absolute Gasteiger partial charge is 0.364 e. The molecule has 96 valence electrons. The maximum absolute atomic E-state index is 11.7. The summed E-state index contributed by atoms with van der Waals surface area (Å²) in [6, 6.07) is 7.89. The molecule has 0 radical (unpaired) electrons. The maximum atomic E-state index is 11.7. The molecule has 0 heterocycles. The first-order valence-corrected chi connectivity index (χ1v) is 6.72. The van der Waals surface area contributed by atoms with Crippen LogP contribution < -0.4 is 4.90 Å². The van der Waals surface area contributed by atoms with Crippen LogP contribution in [0.3, 0.4) is 0 Å². The van der Waals surface area contributed by atoms with Crippen molar-refractivity contribution < 1.29 is 4.79 Å². The molecule has 0 unspecified atom stereocenters. The first-order chi connectivity index (χ1) is 8.51. The predicted octanol–water partition coefficient (Wildman–Crippen LogP) is 1.80.